The predicted octanol–water partition coefficient (Wildman–Crippen LogP) is 0.945. The van der Waals surface area contributed by atoms with Gasteiger partial charge in [0.05, 0.1) is 24.7 Å². The lowest BCUT2D eigenvalue weighted by Crippen LogP contribution is -3.06. The van der Waals surface area contributed by atoms with Gasteiger partial charge in [-0.3, -0.25) is 10.0 Å². The standard InChI is InChI=1S/C15H20N4O4S2/c1-11-13(17-15(20)23-10-9-19(2)3)24-14(16-11)18-25(21,22)12-7-5-4-6-8-12/h4-8H,9-10H2,1-3H3,(H,16,18)(H,17,20)/p+1. The van der Waals surface area contributed by atoms with E-state index in [-0.39, 0.29) is 10.0 Å². The number of hydrogen-bond donors (Lipinski definition) is 3. The van der Waals surface area contributed by atoms with Gasteiger partial charge in [-0.15, -0.1) is 0 Å². The van der Waals surface area contributed by atoms with E-state index < -0.39 is 16.1 Å². The molecule has 25 heavy (non-hydrogen) atoms. The second-order valence-electron chi connectivity index (χ2n) is 5.57. The molecule has 0 saturated carbocycles. The Morgan fingerprint density at radius 3 is 2.60 bits per heavy atom. The zero-order valence-corrected chi connectivity index (χ0v) is 15.8. The second kappa shape index (κ2) is 8.28. The van der Waals surface area contributed by atoms with E-state index in [0.717, 1.165) is 11.3 Å². The quantitative estimate of drug-likeness (QED) is 0.659. The average molecular weight is 385 g/mol. The SMILES string of the molecule is Cc1nc(NS(=O)(=O)c2ccccc2)sc1NC(=O)OCC[NH+](C)C. The first-order valence-corrected chi connectivity index (χ1v) is 9.86. The average Bonchev–Trinajstić information content (AvgIpc) is 2.86. The van der Waals surface area contributed by atoms with Crippen LogP contribution in [0.15, 0.2) is 35.2 Å². The first kappa shape index (κ1) is 19.2. The minimum absolute atomic E-state index is 0.142. The zero-order chi connectivity index (χ0) is 18.4. The number of nitrogens with one attached hydrogen (secondary N) is 3. The molecule has 0 aliphatic rings. The molecule has 1 amide bonds. The molecule has 0 atom stereocenters. The molecule has 0 unspecified atom stereocenters. The normalized spacial score (nSPS) is 11.4. The lowest BCUT2D eigenvalue weighted by atomic mass is 10.4. The van der Waals surface area contributed by atoms with Gasteiger partial charge < -0.3 is 9.64 Å². The summed E-state index contributed by atoms with van der Waals surface area (Å²) in [7, 11) is 0.198. The number of nitrogens with zero attached hydrogens (tertiary/aromatic N) is 1. The smallest absolute Gasteiger partial charge is 0.412 e. The van der Waals surface area contributed by atoms with E-state index in [1.807, 2.05) is 14.1 Å². The van der Waals surface area contributed by atoms with Crippen LogP contribution in [0.3, 0.4) is 0 Å². The van der Waals surface area contributed by atoms with Crippen LogP contribution in [0.1, 0.15) is 5.69 Å². The predicted molar refractivity (Wildman–Crippen MR) is 96.7 cm³/mol. The Hall–Kier alpha value is -2.17. The molecule has 0 aliphatic carbocycles. The molecule has 1 aromatic carbocycles. The van der Waals surface area contributed by atoms with E-state index in [1.165, 1.54) is 17.0 Å². The highest BCUT2D eigenvalue weighted by atomic mass is 32.2. The summed E-state index contributed by atoms with van der Waals surface area (Å²) in [6, 6.07) is 8.00. The summed E-state index contributed by atoms with van der Waals surface area (Å²) in [5.41, 5.74) is 0.506. The zero-order valence-electron chi connectivity index (χ0n) is 14.2. The Bertz CT molecular complexity index is 819. The summed E-state index contributed by atoms with van der Waals surface area (Å²) in [6.07, 6.45) is -0.592. The Kier molecular flexibility index (Phi) is 6.34. The maximum absolute atomic E-state index is 12.3. The van der Waals surface area contributed by atoms with Crippen LogP contribution < -0.4 is 14.9 Å². The van der Waals surface area contributed by atoms with Gasteiger partial charge >= 0.3 is 6.09 Å². The van der Waals surface area contributed by atoms with Crippen molar-refractivity contribution in [2.75, 3.05) is 37.3 Å². The number of hydrogen-bond acceptors (Lipinski definition) is 6. The first-order valence-electron chi connectivity index (χ1n) is 7.56. The number of quaternary nitrogens is 1. The Morgan fingerprint density at radius 2 is 1.96 bits per heavy atom. The summed E-state index contributed by atoms with van der Waals surface area (Å²) in [6.45, 7) is 2.66. The van der Waals surface area contributed by atoms with Crippen LogP contribution in [-0.4, -0.2) is 46.7 Å². The molecule has 1 heterocycles. The number of aryl methyl sites for hydroxylation is 1. The molecule has 10 heteroatoms. The fraction of sp³-hybridized carbons (Fsp3) is 0.333. The largest absolute Gasteiger partial charge is 0.443 e. The summed E-state index contributed by atoms with van der Waals surface area (Å²) in [5.74, 6) is 0. The van der Waals surface area contributed by atoms with Gasteiger partial charge in [0.15, 0.2) is 5.13 Å². The van der Waals surface area contributed by atoms with Gasteiger partial charge in [0.2, 0.25) is 0 Å². The lowest BCUT2D eigenvalue weighted by Gasteiger charge is -2.08. The van der Waals surface area contributed by atoms with Gasteiger partial charge in [-0.2, -0.15) is 0 Å². The van der Waals surface area contributed by atoms with E-state index in [9.17, 15) is 13.2 Å². The number of rotatable bonds is 7. The highest BCUT2D eigenvalue weighted by Crippen LogP contribution is 2.29. The van der Waals surface area contributed by atoms with Gasteiger partial charge in [-0.1, -0.05) is 29.5 Å². The Morgan fingerprint density at radius 1 is 1.28 bits per heavy atom. The van der Waals surface area contributed by atoms with Crippen LogP contribution in [0, 0.1) is 6.92 Å². The van der Waals surface area contributed by atoms with Crippen molar-refractivity contribution in [1.29, 1.82) is 0 Å². The number of carbonyl (C=O) groups excluding carboxylic acids is 1. The highest BCUT2D eigenvalue weighted by Gasteiger charge is 2.18. The van der Waals surface area contributed by atoms with Crippen LogP contribution in [0.2, 0.25) is 0 Å². The van der Waals surface area contributed by atoms with Crippen molar-refractivity contribution in [3.63, 3.8) is 0 Å². The molecule has 136 valence electrons. The van der Waals surface area contributed by atoms with Crippen molar-refractivity contribution in [3.05, 3.63) is 36.0 Å². The number of thiazole rings is 1. The number of carbonyl (C=O) groups is 1. The molecule has 8 nitrogen and oxygen atoms in total. The minimum Gasteiger partial charge on any atom is -0.443 e. The first-order chi connectivity index (χ1) is 11.8. The number of ether oxygens (including phenoxy) is 1. The van der Waals surface area contributed by atoms with Crippen molar-refractivity contribution < 1.29 is 22.8 Å². The third kappa shape index (κ3) is 5.69. The molecule has 1 aromatic heterocycles. The topological polar surface area (TPSA) is 102 Å². The molecule has 2 aromatic rings. The van der Waals surface area contributed by atoms with Crippen LogP contribution in [0.4, 0.5) is 14.9 Å². The number of aromatic nitrogens is 1. The molecular formula is C15H21N4O4S2+. The number of likely N-dealkylation sites (N-methyl/N-ethyl adjacent to an activating group) is 1. The summed E-state index contributed by atoms with van der Waals surface area (Å²) < 4.78 is 32.1. The molecule has 0 aliphatic heterocycles. The van der Waals surface area contributed by atoms with Crippen LogP contribution >= 0.6 is 11.3 Å². The van der Waals surface area contributed by atoms with Crippen molar-refractivity contribution in [2.45, 2.75) is 11.8 Å². The van der Waals surface area contributed by atoms with E-state index >= 15 is 0 Å². The van der Waals surface area contributed by atoms with Gasteiger partial charge in [0.1, 0.15) is 18.2 Å². The van der Waals surface area contributed by atoms with E-state index in [1.54, 1.807) is 25.1 Å². The van der Waals surface area contributed by atoms with Gasteiger partial charge in [0, 0.05) is 0 Å². The van der Waals surface area contributed by atoms with E-state index in [0.29, 0.717) is 23.8 Å². The fourth-order valence-electron chi connectivity index (χ4n) is 1.81. The van der Waals surface area contributed by atoms with Crippen LogP contribution in [0.25, 0.3) is 0 Å². The fourth-order valence-corrected chi connectivity index (χ4v) is 3.91. The van der Waals surface area contributed by atoms with Crippen LogP contribution in [-0.2, 0) is 14.8 Å². The third-order valence-electron chi connectivity index (χ3n) is 3.12. The minimum atomic E-state index is -3.72. The molecule has 3 N–H and O–H groups in total. The molecule has 0 fully saturated rings. The van der Waals surface area contributed by atoms with Crippen molar-refractivity contribution in [2.24, 2.45) is 0 Å². The monoisotopic (exact) mass is 385 g/mol. The molecule has 0 spiro atoms. The summed E-state index contributed by atoms with van der Waals surface area (Å²) in [4.78, 5) is 17.2. The summed E-state index contributed by atoms with van der Waals surface area (Å²) in [5, 5.41) is 3.19. The molecule has 0 bridgehead atoms. The van der Waals surface area contributed by atoms with Gasteiger partial charge in [0.25, 0.3) is 10.0 Å². The Balaban J connectivity index is 2.01. The lowest BCUT2D eigenvalue weighted by molar-refractivity contribution is -0.858. The molecule has 0 saturated heterocycles. The van der Waals surface area contributed by atoms with Crippen molar-refractivity contribution >= 4 is 37.6 Å². The molecule has 0 radical (unpaired) electrons. The van der Waals surface area contributed by atoms with Gasteiger partial charge in [-0.05, 0) is 19.1 Å². The molecular weight excluding hydrogens is 364 g/mol. The third-order valence-corrected chi connectivity index (χ3v) is 5.59. The number of benzene rings is 1. The molecule has 2 rings (SSSR count). The number of amides is 1. The van der Waals surface area contributed by atoms with Crippen molar-refractivity contribution in [1.82, 2.24) is 4.98 Å². The second-order valence-corrected chi connectivity index (χ2v) is 8.25. The van der Waals surface area contributed by atoms with Crippen molar-refractivity contribution in [3.8, 4) is 0 Å². The van der Waals surface area contributed by atoms with E-state index in [4.69, 9.17) is 4.74 Å². The Labute approximate surface area is 150 Å². The maximum Gasteiger partial charge on any atom is 0.412 e. The number of sulfonamides is 1. The van der Waals surface area contributed by atoms with Gasteiger partial charge in [-0.25, -0.2) is 18.2 Å². The van der Waals surface area contributed by atoms with Crippen LogP contribution in [0.5, 0.6) is 0 Å². The maximum atomic E-state index is 12.3. The van der Waals surface area contributed by atoms with E-state index in [2.05, 4.69) is 15.0 Å². The number of anilines is 2. The highest BCUT2D eigenvalue weighted by molar-refractivity contribution is 7.93. The summed E-state index contributed by atoms with van der Waals surface area (Å²) >= 11 is 1.03.